The first-order valence-electron chi connectivity index (χ1n) is 10.1. The number of benzene rings is 2. The maximum atomic E-state index is 13.1. The average molecular weight is 460 g/mol. The fourth-order valence-electron chi connectivity index (χ4n) is 3.80. The van der Waals surface area contributed by atoms with Gasteiger partial charge in [0.25, 0.3) is 0 Å². The van der Waals surface area contributed by atoms with Crippen molar-refractivity contribution in [3.63, 3.8) is 0 Å². The van der Waals surface area contributed by atoms with Crippen molar-refractivity contribution in [2.24, 2.45) is 0 Å². The molecule has 0 aliphatic carbocycles. The van der Waals surface area contributed by atoms with Crippen LogP contribution in [-0.4, -0.2) is 72.0 Å². The number of aliphatic hydroxyl groups excluding tert-OH is 3. The molecule has 10 nitrogen and oxygen atoms in total. The van der Waals surface area contributed by atoms with Gasteiger partial charge in [-0.25, -0.2) is 0 Å². The monoisotopic (exact) mass is 460 g/mol. The number of methoxy groups -OCH3 is 2. The minimum atomic E-state index is -1.48. The third kappa shape index (κ3) is 4.26. The Hall–Kier alpha value is -3.15. The van der Waals surface area contributed by atoms with Crippen LogP contribution in [0.3, 0.4) is 0 Å². The number of ether oxygens (including phenoxy) is 4. The normalized spacial score (nSPS) is 25.2. The Morgan fingerprint density at radius 2 is 1.76 bits per heavy atom. The summed E-state index contributed by atoms with van der Waals surface area (Å²) in [5.74, 6) is 0.330. The number of phenols is 1. The van der Waals surface area contributed by atoms with E-state index in [1.54, 1.807) is 12.1 Å². The van der Waals surface area contributed by atoms with Gasteiger partial charge >= 0.3 is 0 Å². The van der Waals surface area contributed by atoms with E-state index in [4.69, 9.17) is 23.4 Å². The Labute approximate surface area is 188 Å². The van der Waals surface area contributed by atoms with Crippen molar-refractivity contribution >= 4 is 11.0 Å². The van der Waals surface area contributed by atoms with E-state index in [0.717, 1.165) is 0 Å². The summed E-state index contributed by atoms with van der Waals surface area (Å²) >= 11 is 0. The summed E-state index contributed by atoms with van der Waals surface area (Å²) in [4.78, 5) is 13.1. The number of rotatable bonds is 6. The zero-order chi connectivity index (χ0) is 23.7. The van der Waals surface area contributed by atoms with E-state index in [2.05, 4.69) is 0 Å². The largest absolute Gasteiger partial charge is 0.508 e. The van der Waals surface area contributed by atoms with Gasteiger partial charge in [0.05, 0.1) is 24.7 Å². The van der Waals surface area contributed by atoms with E-state index >= 15 is 0 Å². The molecule has 2 unspecified atom stereocenters. The maximum Gasteiger partial charge on any atom is 0.229 e. The van der Waals surface area contributed by atoms with Gasteiger partial charge in [0.1, 0.15) is 42.0 Å². The highest BCUT2D eigenvalue weighted by Gasteiger charge is 2.46. The summed E-state index contributed by atoms with van der Waals surface area (Å²) in [5.41, 5.74) is 0.735. The van der Waals surface area contributed by atoms with Crippen LogP contribution in [0, 0.1) is 0 Å². The molecule has 3 aromatic rings. The van der Waals surface area contributed by atoms with E-state index in [-0.39, 0.29) is 33.6 Å². The predicted octanol–water partition coefficient (Wildman–Crippen LogP) is 1.01. The Balaban J connectivity index is 1.70. The molecule has 2 heterocycles. The molecule has 4 N–H and O–H groups in total. The van der Waals surface area contributed by atoms with Crippen LogP contribution in [0.4, 0.5) is 0 Å². The topological polar surface area (TPSA) is 148 Å². The molecule has 10 heteroatoms. The zero-order valence-electron chi connectivity index (χ0n) is 17.9. The van der Waals surface area contributed by atoms with Crippen LogP contribution in [0.25, 0.3) is 22.1 Å². The smallest absolute Gasteiger partial charge is 0.229 e. The zero-order valence-corrected chi connectivity index (χ0v) is 17.9. The highest BCUT2D eigenvalue weighted by Crippen LogP contribution is 2.35. The first-order chi connectivity index (χ1) is 15.9. The standard InChI is InChI=1S/C23H24O10/c1-29-16-7-13-15(31-10-14(19(13)26)11-3-5-12(25)6-4-11)8-17(16)32-23-21(28)20(27)22(30-2)18(9-24)33-23/h3-8,10,18,20-25,27-28H,9H2,1-2H3/t18?,20-,21-,22?,23+/m0/s1. The number of phenolic OH excluding ortho intramolecular Hbond substituents is 1. The molecule has 5 atom stereocenters. The van der Waals surface area contributed by atoms with Gasteiger partial charge < -0.3 is 43.8 Å². The second-order valence-electron chi connectivity index (χ2n) is 7.55. The van der Waals surface area contributed by atoms with Crippen LogP contribution < -0.4 is 14.9 Å². The number of aliphatic hydroxyl groups is 3. The van der Waals surface area contributed by atoms with Crippen LogP contribution in [0.2, 0.25) is 0 Å². The molecule has 0 amide bonds. The average Bonchev–Trinajstić information content (AvgIpc) is 2.82. The van der Waals surface area contributed by atoms with Gasteiger partial charge in [-0.3, -0.25) is 4.79 Å². The van der Waals surface area contributed by atoms with Crippen molar-refractivity contribution in [3.8, 4) is 28.4 Å². The lowest BCUT2D eigenvalue weighted by molar-refractivity contribution is -0.282. The van der Waals surface area contributed by atoms with Crippen molar-refractivity contribution in [2.45, 2.75) is 30.7 Å². The molecule has 2 aromatic carbocycles. The SMILES string of the molecule is COc1cc2c(=O)c(-c3ccc(O)cc3)coc2cc1O[C@@H]1OC(CO)C(OC)[C@@H](O)[C@@H]1O. The summed E-state index contributed by atoms with van der Waals surface area (Å²) in [6.45, 7) is -0.466. The molecule has 0 radical (unpaired) electrons. The van der Waals surface area contributed by atoms with Crippen molar-refractivity contribution in [1.29, 1.82) is 0 Å². The third-order valence-corrected chi connectivity index (χ3v) is 5.57. The number of aromatic hydroxyl groups is 1. The summed E-state index contributed by atoms with van der Waals surface area (Å²) in [6, 6.07) is 8.98. The molecule has 0 bridgehead atoms. The predicted molar refractivity (Wildman–Crippen MR) is 115 cm³/mol. The lowest BCUT2D eigenvalue weighted by Gasteiger charge is -2.41. The van der Waals surface area contributed by atoms with Crippen LogP contribution in [0.1, 0.15) is 0 Å². The highest BCUT2D eigenvalue weighted by atomic mass is 16.7. The number of fused-ring (bicyclic) bond motifs is 1. The van der Waals surface area contributed by atoms with Crippen molar-refractivity contribution in [3.05, 3.63) is 52.9 Å². The molecule has 0 saturated carbocycles. The molecule has 1 aliphatic rings. The van der Waals surface area contributed by atoms with Gasteiger partial charge in [-0.15, -0.1) is 0 Å². The van der Waals surface area contributed by atoms with Crippen molar-refractivity contribution in [1.82, 2.24) is 0 Å². The second-order valence-corrected chi connectivity index (χ2v) is 7.55. The molecule has 1 saturated heterocycles. The molecule has 1 aromatic heterocycles. The second kappa shape index (κ2) is 9.38. The number of hydrogen-bond acceptors (Lipinski definition) is 10. The van der Waals surface area contributed by atoms with E-state index in [9.17, 15) is 25.2 Å². The summed E-state index contributed by atoms with van der Waals surface area (Å²) < 4.78 is 27.4. The van der Waals surface area contributed by atoms with E-state index < -0.39 is 37.3 Å². The molecular weight excluding hydrogens is 436 g/mol. The van der Waals surface area contributed by atoms with Crippen molar-refractivity contribution in [2.75, 3.05) is 20.8 Å². The first-order valence-corrected chi connectivity index (χ1v) is 10.1. The minimum absolute atomic E-state index is 0.0740. The molecule has 1 fully saturated rings. The van der Waals surface area contributed by atoms with Gasteiger partial charge in [-0.05, 0) is 23.8 Å². The molecule has 33 heavy (non-hydrogen) atoms. The van der Waals surface area contributed by atoms with Crippen molar-refractivity contribution < 1.29 is 43.8 Å². The fourth-order valence-corrected chi connectivity index (χ4v) is 3.80. The molecule has 176 valence electrons. The van der Waals surface area contributed by atoms with Gasteiger partial charge in [-0.1, -0.05) is 12.1 Å². The first kappa shape index (κ1) is 23.0. The van der Waals surface area contributed by atoms with Gasteiger partial charge in [0, 0.05) is 13.2 Å². The van der Waals surface area contributed by atoms with Gasteiger partial charge in [-0.2, -0.15) is 0 Å². The van der Waals surface area contributed by atoms with Crippen LogP contribution >= 0.6 is 0 Å². The third-order valence-electron chi connectivity index (χ3n) is 5.57. The molecule has 1 aliphatic heterocycles. The summed E-state index contributed by atoms with van der Waals surface area (Å²) in [7, 11) is 2.71. The van der Waals surface area contributed by atoms with Crippen LogP contribution in [0.5, 0.6) is 17.2 Å². The Morgan fingerprint density at radius 1 is 1.03 bits per heavy atom. The molecular formula is C23H24O10. The highest BCUT2D eigenvalue weighted by molar-refractivity contribution is 5.84. The van der Waals surface area contributed by atoms with E-state index in [1.807, 2.05) is 0 Å². The quantitative estimate of drug-likeness (QED) is 0.420. The Bertz CT molecular complexity index is 1170. The van der Waals surface area contributed by atoms with E-state index in [1.165, 1.54) is 44.7 Å². The lowest BCUT2D eigenvalue weighted by Crippen LogP contribution is -2.60. The summed E-state index contributed by atoms with van der Waals surface area (Å²) in [5, 5.41) is 40.0. The van der Waals surface area contributed by atoms with Crippen LogP contribution in [0.15, 0.2) is 51.9 Å². The fraction of sp³-hybridized carbons (Fsp3) is 0.348. The summed E-state index contributed by atoms with van der Waals surface area (Å²) in [6.07, 6.45) is -4.79. The van der Waals surface area contributed by atoms with Gasteiger partial charge in [0.15, 0.2) is 11.5 Å². The van der Waals surface area contributed by atoms with Crippen LogP contribution in [-0.2, 0) is 9.47 Å². The Kier molecular flexibility index (Phi) is 6.54. The lowest BCUT2D eigenvalue weighted by atomic mass is 9.99. The Morgan fingerprint density at radius 3 is 2.39 bits per heavy atom. The van der Waals surface area contributed by atoms with Gasteiger partial charge in [0.2, 0.25) is 11.7 Å². The molecule has 4 rings (SSSR count). The molecule has 0 spiro atoms. The maximum absolute atomic E-state index is 13.1. The minimum Gasteiger partial charge on any atom is -0.508 e. The number of hydrogen-bond donors (Lipinski definition) is 4. The van der Waals surface area contributed by atoms with E-state index in [0.29, 0.717) is 11.1 Å².